The van der Waals surface area contributed by atoms with Gasteiger partial charge >= 0.3 is 11.9 Å². The minimum Gasteiger partial charge on any atom is -0.459 e. The van der Waals surface area contributed by atoms with Gasteiger partial charge in [0, 0.05) is 5.69 Å². The maximum absolute atomic E-state index is 11.4. The van der Waals surface area contributed by atoms with E-state index in [2.05, 4.69) is 15.0 Å². The highest BCUT2D eigenvalue weighted by Crippen LogP contribution is 2.21. The third kappa shape index (κ3) is 2.59. The molecule has 0 bridgehead atoms. The van der Waals surface area contributed by atoms with Gasteiger partial charge in [-0.05, 0) is 25.1 Å². The summed E-state index contributed by atoms with van der Waals surface area (Å²) in [6.45, 7) is 1.82. The summed E-state index contributed by atoms with van der Waals surface area (Å²) in [5.74, 6) is -1.66. The molecule has 1 aromatic carbocycles. The first kappa shape index (κ1) is 11.5. The van der Waals surface area contributed by atoms with Crippen LogP contribution in [-0.4, -0.2) is 23.5 Å². The van der Waals surface area contributed by atoms with Crippen LogP contribution in [0.3, 0.4) is 0 Å². The maximum Gasteiger partial charge on any atom is 0.397 e. The lowest BCUT2D eigenvalue weighted by Crippen LogP contribution is -2.24. The standard InChI is InChI=1S/C11H10N2O3S/c1-2-16-11(15)10(14)13-7-3-4-9-8(5-7)12-6-17-9/h3-6H,2H2,1H3,(H,13,14). The summed E-state index contributed by atoms with van der Waals surface area (Å²) in [6, 6.07) is 5.27. The zero-order valence-corrected chi connectivity index (χ0v) is 9.91. The molecule has 0 fully saturated rings. The van der Waals surface area contributed by atoms with E-state index >= 15 is 0 Å². The highest BCUT2D eigenvalue weighted by molar-refractivity contribution is 7.16. The van der Waals surface area contributed by atoms with Crippen molar-refractivity contribution in [2.45, 2.75) is 6.92 Å². The summed E-state index contributed by atoms with van der Waals surface area (Å²) in [7, 11) is 0. The molecule has 1 heterocycles. The molecular weight excluding hydrogens is 240 g/mol. The molecule has 2 rings (SSSR count). The van der Waals surface area contributed by atoms with Gasteiger partial charge < -0.3 is 10.1 Å². The second-order valence-electron chi connectivity index (χ2n) is 3.21. The van der Waals surface area contributed by atoms with E-state index in [1.54, 1.807) is 24.6 Å². The van der Waals surface area contributed by atoms with Gasteiger partial charge in [-0.2, -0.15) is 0 Å². The van der Waals surface area contributed by atoms with Gasteiger partial charge in [0.05, 0.1) is 22.3 Å². The maximum atomic E-state index is 11.4. The van der Waals surface area contributed by atoms with Crippen molar-refractivity contribution in [2.75, 3.05) is 11.9 Å². The van der Waals surface area contributed by atoms with Crippen LogP contribution in [0.5, 0.6) is 0 Å². The fourth-order valence-electron chi connectivity index (χ4n) is 1.31. The molecule has 6 heteroatoms. The lowest BCUT2D eigenvalue weighted by atomic mass is 10.3. The molecule has 0 aliphatic heterocycles. The Morgan fingerprint density at radius 3 is 3.06 bits per heavy atom. The fourth-order valence-corrected chi connectivity index (χ4v) is 1.97. The molecule has 2 aromatic rings. The van der Waals surface area contributed by atoms with Crippen molar-refractivity contribution in [3.05, 3.63) is 23.7 Å². The van der Waals surface area contributed by atoms with E-state index in [4.69, 9.17) is 0 Å². The number of hydrogen-bond donors (Lipinski definition) is 1. The van der Waals surface area contributed by atoms with E-state index in [1.807, 2.05) is 6.07 Å². The molecule has 0 unspecified atom stereocenters. The van der Waals surface area contributed by atoms with Crippen LogP contribution in [0.25, 0.3) is 10.2 Å². The lowest BCUT2D eigenvalue weighted by Gasteiger charge is -2.04. The molecular formula is C11H10N2O3S. The minimum atomic E-state index is -0.883. The van der Waals surface area contributed by atoms with Crippen molar-refractivity contribution in [3.63, 3.8) is 0 Å². The van der Waals surface area contributed by atoms with E-state index in [1.165, 1.54) is 11.3 Å². The number of rotatable bonds is 2. The van der Waals surface area contributed by atoms with Crippen molar-refractivity contribution in [1.29, 1.82) is 0 Å². The first-order valence-electron chi connectivity index (χ1n) is 5.02. The average molecular weight is 250 g/mol. The molecule has 17 heavy (non-hydrogen) atoms. The molecule has 0 spiro atoms. The van der Waals surface area contributed by atoms with Crippen molar-refractivity contribution in [2.24, 2.45) is 0 Å². The smallest absolute Gasteiger partial charge is 0.397 e. The van der Waals surface area contributed by atoms with Crippen molar-refractivity contribution in [3.8, 4) is 0 Å². The third-order valence-electron chi connectivity index (χ3n) is 2.05. The molecule has 0 aliphatic rings. The zero-order valence-electron chi connectivity index (χ0n) is 9.10. The Bertz CT molecular complexity index is 565. The number of fused-ring (bicyclic) bond motifs is 1. The second-order valence-corrected chi connectivity index (χ2v) is 4.10. The number of esters is 1. The first-order valence-corrected chi connectivity index (χ1v) is 5.90. The van der Waals surface area contributed by atoms with Crippen LogP contribution in [-0.2, 0) is 14.3 Å². The molecule has 0 atom stereocenters. The predicted octanol–water partition coefficient (Wildman–Crippen LogP) is 1.80. The van der Waals surface area contributed by atoms with Gasteiger partial charge in [0.25, 0.3) is 0 Å². The van der Waals surface area contributed by atoms with Crippen LogP contribution in [0.2, 0.25) is 0 Å². The summed E-state index contributed by atoms with van der Waals surface area (Å²) in [5, 5.41) is 2.46. The largest absolute Gasteiger partial charge is 0.459 e. The summed E-state index contributed by atoms with van der Waals surface area (Å²) in [6.07, 6.45) is 0. The number of nitrogens with one attached hydrogen (secondary N) is 1. The van der Waals surface area contributed by atoms with Crippen LogP contribution in [0.1, 0.15) is 6.92 Å². The fraction of sp³-hybridized carbons (Fsp3) is 0.182. The van der Waals surface area contributed by atoms with Crippen molar-refractivity contribution >= 4 is 39.1 Å². The SMILES string of the molecule is CCOC(=O)C(=O)Nc1ccc2scnc2c1. The second kappa shape index (κ2) is 4.92. The van der Waals surface area contributed by atoms with Gasteiger partial charge in [0.2, 0.25) is 0 Å². The summed E-state index contributed by atoms with van der Waals surface area (Å²) < 4.78 is 5.61. The van der Waals surface area contributed by atoms with Gasteiger partial charge in [0.15, 0.2) is 0 Å². The number of carbonyl (C=O) groups is 2. The Morgan fingerprint density at radius 1 is 1.47 bits per heavy atom. The highest BCUT2D eigenvalue weighted by atomic mass is 32.1. The van der Waals surface area contributed by atoms with Gasteiger partial charge in [-0.25, -0.2) is 9.78 Å². The number of carbonyl (C=O) groups excluding carboxylic acids is 2. The Hall–Kier alpha value is -1.95. The Balaban J connectivity index is 2.12. The number of nitrogens with zero attached hydrogens (tertiary/aromatic N) is 1. The molecule has 5 nitrogen and oxygen atoms in total. The number of ether oxygens (including phenoxy) is 1. The van der Waals surface area contributed by atoms with Crippen molar-refractivity contribution in [1.82, 2.24) is 4.98 Å². The van der Waals surface area contributed by atoms with E-state index in [-0.39, 0.29) is 6.61 Å². The number of hydrogen-bond acceptors (Lipinski definition) is 5. The van der Waals surface area contributed by atoms with Crippen LogP contribution in [0, 0.1) is 0 Å². The summed E-state index contributed by atoms with van der Waals surface area (Å²) in [4.78, 5) is 26.6. The highest BCUT2D eigenvalue weighted by Gasteiger charge is 2.14. The van der Waals surface area contributed by atoms with E-state index in [0.29, 0.717) is 5.69 Å². The van der Waals surface area contributed by atoms with Crippen LogP contribution >= 0.6 is 11.3 Å². The van der Waals surface area contributed by atoms with Crippen molar-refractivity contribution < 1.29 is 14.3 Å². The quantitative estimate of drug-likeness (QED) is 0.651. The topological polar surface area (TPSA) is 68.3 Å². The molecule has 0 saturated carbocycles. The molecule has 1 amide bonds. The van der Waals surface area contributed by atoms with Gasteiger partial charge in [-0.3, -0.25) is 4.79 Å². The molecule has 1 N–H and O–H groups in total. The van der Waals surface area contributed by atoms with Crippen LogP contribution in [0.4, 0.5) is 5.69 Å². The van der Waals surface area contributed by atoms with Crippen LogP contribution in [0.15, 0.2) is 23.7 Å². The van der Waals surface area contributed by atoms with E-state index in [0.717, 1.165) is 10.2 Å². The Kier molecular flexibility index (Phi) is 3.34. The third-order valence-corrected chi connectivity index (χ3v) is 2.86. The van der Waals surface area contributed by atoms with Gasteiger partial charge in [0.1, 0.15) is 0 Å². The van der Waals surface area contributed by atoms with Gasteiger partial charge in [-0.1, -0.05) is 0 Å². The lowest BCUT2D eigenvalue weighted by molar-refractivity contribution is -0.152. The first-order chi connectivity index (χ1) is 8.20. The Morgan fingerprint density at radius 2 is 2.29 bits per heavy atom. The Labute approximate surface area is 101 Å². The molecule has 0 saturated heterocycles. The molecule has 88 valence electrons. The van der Waals surface area contributed by atoms with E-state index < -0.39 is 11.9 Å². The predicted molar refractivity (Wildman–Crippen MR) is 64.9 cm³/mol. The monoisotopic (exact) mass is 250 g/mol. The normalized spacial score (nSPS) is 10.2. The number of benzene rings is 1. The molecule has 0 radical (unpaired) electrons. The summed E-state index contributed by atoms with van der Waals surface area (Å²) >= 11 is 1.51. The molecule has 1 aromatic heterocycles. The number of thiazole rings is 1. The molecule has 0 aliphatic carbocycles. The van der Waals surface area contributed by atoms with Crippen LogP contribution < -0.4 is 5.32 Å². The average Bonchev–Trinajstić information content (AvgIpc) is 2.76. The van der Waals surface area contributed by atoms with Gasteiger partial charge in [-0.15, -0.1) is 11.3 Å². The zero-order chi connectivity index (χ0) is 12.3. The number of anilines is 1. The summed E-state index contributed by atoms with van der Waals surface area (Å²) in [5.41, 5.74) is 3.04. The number of aromatic nitrogens is 1. The number of amides is 1. The van der Waals surface area contributed by atoms with E-state index in [9.17, 15) is 9.59 Å². The minimum absolute atomic E-state index is 0.178.